The maximum Gasteiger partial charge on any atom is 0.411 e. The van der Waals surface area contributed by atoms with Crippen molar-refractivity contribution < 1.29 is 19.4 Å². The van der Waals surface area contributed by atoms with Gasteiger partial charge in [0.25, 0.3) is 0 Å². The molecule has 0 unspecified atom stereocenters. The van der Waals surface area contributed by atoms with Crippen LogP contribution in [0.1, 0.15) is 64.4 Å². The number of amides is 2. The molecule has 0 bridgehead atoms. The molecule has 1 atom stereocenters. The molecule has 2 amide bonds. The minimum absolute atomic E-state index is 0.165. The number of nitrogens with zero attached hydrogens (tertiary/aromatic N) is 2. The molecule has 1 spiro atoms. The van der Waals surface area contributed by atoms with Gasteiger partial charge in [-0.1, -0.05) is 0 Å². The highest BCUT2D eigenvalue weighted by Gasteiger charge is 2.50. The molecule has 0 radical (unpaired) electrons. The number of carbonyl (C=O) groups excluding carboxylic acids is 2. The van der Waals surface area contributed by atoms with Crippen molar-refractivity contribution in [2.24, 2.45) is 5.41 Å². The number of carbonyl (C=O) groups is 2. The number of aliphatic hydroxyl groups is 1. The van der Waals surface area contributed by atoms with Crippen LogP contribution in [0.5, 0.6) is 0 Å². The van der Waals surface area contributed by atoms with Crippen LogP contribution < -0.4 is 10.2 Å². The van der Waals surface area contributed by atoms with Gasteiger partial charge in [-0.3, -0.25) is 10.1 Å². The van der Waals surface area contributed by atoms with Crippen LogP contribution in [-0.4, -0.2) is 59.9 Å². The van der Waals surface area contributed by atoms with Gasteiger partial charge < -0.3 is 19.6 Å². The summed E-state index contributed by atoms with van der Waals surface area (Å²) in [6.45, 7) is 8.22. The Bertz CT molecular complexity index is 850. The standard InChI is InChI=1S/C25H37N3O4/c1-17(2)32-24(31)26-19-5-10-22(18(3)15-19)27-13-4-11-25(16-27)12-14-28(23(25)30)20-6-8-21(29)9-7-20/h5,10,15,17,20-21,29H,4,6-9,11-14,16H2,1-3H3,(H,26,31)/t20?,21?,25-/m1/s1. The smallest absolute Gasteiger partial charge is 0.411 e. The molecule has 2 N–H and O–H groups in total. The zero-order valence-electron chi connectivity index (χ0n) is 19.6. The maximum absolute atomic E-state index is 13.6. The van der Waals surface area contributed by atoms with E-state index in [0.29, 0.717) is 17.6 Å². The fourth-order valence-corrected chi connectivity index (χ4v) is 5.73. The van der Waals surface area contributed by atoms with Gasteiger partial charge in [0.05, 0.1) is 17.6 Å². The number of hydrogen-bond donors (Lipinski definition) is 2. The summed E-state index contributed by atoms with van der Waals surface area (Å²) in [6, 6.07) is 6.20. The molecule has 1 aromatic carbocycles. The molecule has 1 aromatic rings. The molecule has 2 saturated heterocycles. The van der Waals surface area contributed by atoms with Crippen molar-refractivity contribution in [3.05, 3.63) is 23.8 Å². The Kier molecular flexibility index (Phi) is 6.65. The van der Waals surface area contributed by atoms with E-state index in [-0.39, 0.29) is 17.6 Å². The second-order valence-corrected chi connectivity index (χ2v) is 10.1. The number of hydrogen-bond acceptors (Lipinski definition) is 5. The van der Waals surface area contributed by atoms with E-state index >= 15 is 0 Å². The normalized spacial score (nSPS) is 28.5. The van der Waals surface area contributed by atoms with Gasteiger partial charge in [-0.15, -0.1) is 0 Å². The van der Waals surface area contributed by atoms with E-state index in [4.69, 9.17) is 4.74 Å². The Hall–Kier alpha value is -2.28. The third kappa shape index (κ3) is 4.72. The first-order valence-corrected chi connectivity index (χ1v) is 12.1. The first kappa shape index (κ1) is 22.9. The van der Waals surface area contributed by atoms with Gasteiger partial charge in [0.2, 0.25) is 5.91 Å². The number of aliphatic hydroxyl groups excluding tert-OH is 1. The van der Waals surface area contributed by atoms with E-state index in [0.717, 1.165) is 75.8 Å². The molecular weight excluding hydrogens is 406 g/mol. The molecule has 2 aliphatic heterocycles. The molecule has 7 heteroatoms. The predicted molar refractivity (Wildman–Crippen MR) is 125 cm³/mol. The number of likely N-dealkylation sites (tertiary alicyclic amines) is 1. The molecule has 2 heterocycles. The van der Waals surface area contributed by atoms with E-state index in [1.54, 1.807) is 0 Å². The lowest BCUT2D eigenvalue weighted by atomic mass is 9.78. The van der Waals surface area contributed by atoms with Crippen molar-refractivity contribution in [3.8, 4) is 0 Å². The SMILES string of the molecule is Cc1cc(NC(=O)OC(C)C)ccc1N1CCC[C@@]2(CCN(C3CCC(O)CC3)C2=O)C1. The minimum atomic E-state index is -0.448. The predicted octanol–water partition coefficient (Wildman–Crippen LogP) is 4.07. The van der Waals surface area contributed by atoms with Gasteiger partial charge in [0, 0.05) is 37.1 Å². The number of aryl methyl sites for hydroxylation is 1. The van der Waals surface area contributed by atoms with Crippen molar-refractivity contribution in [3.63, 3.8) is 0 Å². The minimum Gasteiger partial charge on any atom is -0.447 e. The Morgan fingerprint density at radius 3 is 2.62 bits per heavy atom. The van der Waals surface area contributed by atoms with Crippen LogP contribution in [0.4, 0.5) is 16.2 Å². The molecule has 7 nitrogen and oxygen atoms in total. The Balaban J connectivity index is 1.44. The molecule has 32 heavy (non-hydrogen) atoms. The highest BCUT2D eigenvalue weighted by molar-refractivity contribution is 5.87. The fourth-order valence-electron chi connectivity index (χ4n) is 5.73. The monoisotopic (exact) mass is 443 g/mol. The van der Waals surface area contributed by atoms with Crippen molar-refractivity contribution in [1.82, 2.24) is 4.90 Å². The second-order valence-electron chi connectivity index (χ2n) is 10.1. The van der Waals surface area contributed by atoms with Crippen LogP contribution in [0.25, 0.3) is 0 Å². The van der Waals surface area contributed by atoms with Gasteiger partial charge >= 0.3 is 6.09 Å². The zero-order chi connectivity index (χ0) is 22.9. The van der Waals surface area contributed by atoms with Gasteiger partial charge in [-0.05, 0) is 89.5 Å². The van der Waals surface area contributed by atoms with Crippen LogP contribution in [0.3, 0.4) is 0 Å². The highest BCUT2D eigenvalue weighted by atomic mass is 16.6. The van der Waals surface area contributed by atoms with E-state index in [1.165, 1.54) is 0 Å². The molecular formula is C25H37N3O4. The first-order valence-electron chi connectivity index (χ1n) is 12.1. The lowest BCUT2D eigenvalue weighted by Crippen LogP contribution is -2.50. The molecule has 4 rings (SSSR count). The summed E-state index contributed by atoms with van der Waals surface area (Å²) in [5, 5.41) is 12.6. The van der Waals surface area contributed by atoms with Crippen LogP contribution in [0.15, 0.2) is 18.2 Å². The topological polar surface area (TPSA) is 82.1 Å². The average Bonchev–Trinajstić information content (AvgIpc) is 3.03. The van der Waals surface area contributed by atoms with Crippen molar-refractivity contribution in [2.75, 3.05) is 29.9 Å². The largest absolute Gasteiger partial charge is 0.447 e. The summed E-state index contributed by atoms with van der Waals surface area (Å²) < 4.78 is 5.17. The number of anilines is 2. The quantitative estimate of drug-likeness (QED) is 0.733. The fraction of sp³-hybridized carbons (Fsp3) is 0.680. The Morgan fingerprint density at radius 2 is 1.94 bits per heavy atom. The Morgan fingerprint density at radius 1 is 1.19 bits per heavy atom. The van der Waals surface area contributed by atoms with Crippen LogP contribution in [0.2, 0.25) is 0 Å². The molecule has 0 aromatic heterocycles. The van der Waals surface area contributed by atoms with E-state index in [1.807, 2.05) is 39.0 Å². The third-order valence-corrected chi connectivity index (χ3v) is 7.36. The summed E-state index contributed by atoms with van der Waals surface area (Å²) >= 11 is 0. The van der Waals surface area contributed by atoms with Gasteiger partial charge in [0.15, 0.2) is 0 Å². The zero-order valence-corrected chi connectivity index (χ0v) is 19.6. The summed E-state index contributed by atoms with van der Waals surface area (Å²) in [6.07, 6.45) is 5.50. The maximum atomic E-state index is 13.6. The van der Waals surface area contributed by atoms with Gasteiger partial charge in [-0.25, -0.2) is 4.79 Å². The highest BCUT2D eigenvalue weighted by Crippen LogP contribution is 2.44. The summed E-state index contributed by atoms with van der Waals surface area (Å²) in [7, 11) is 0. The Labute approximate surface area is 191 Å². The molecule has 3 fully saturated rings. The van der Waals surface area contributed by atoms with Crippen molar-refractivity contribution in [1.29, 1.82) is 0 Å². The van der Waals surface area contributed by atoms with Crippen LogP contribution in [0, 0.1) is 12.3 Å². The summed E-state index contributed by atoms with van der Waals surface area (Å²) in [5.74, 6) is 0.316. The lowest BCUT2D eigenvalue weighted by Gasteiger charge is -2.42. The summed E-state index contributed by atoms with van der Waals surface area (Å²) in [5.41, 5.74) is 2.62. The number of rotatable bonds is 4. The molecule has 3 aliphatic rings. The van der Waals surface area contributed by atoms with Crippen molar-refractivity contribution in [2.45, 2.75) is 84.0 Å². The number of benzene rings is 1. The van der Waals surface area contributed by atoms with Crippen LogP contribution >= 0.6 is 0 Å². The lowest BCUT2D eigenvalue weighted by molar-refractivity contribution is -0.139. The number of ether oxygens (including phenoxy) is 1. The summed E-state index contributed by atoms with van der Waals surface area (Å²) in [4.78, 5) is 29.9. The number of nitrogens with one attached hydrogen (secondary N) is 1. The van der Waals surface area contributed by atoms with Gasteiger partial charge in [0.1, 0.15) is 0 Å². The van der Waals surface area contributed by atoms with Crippen molar-refractivity contribution >= 4 is 23.4 Å². The first-order chi connectivity index (χ1) is 15.3. The third-order valence-electron chi connectivity index (χ3n) is 7.36. The molecule has 1 aliphatic carbocycles. The van der Waals surface area contributed by atoms with Crippen LogP contribution in [-0.2, 0) is 9.53 Å². The number of piperidine rings is 1. The van der Waals surface area contributed by atoms with E-state index < -0.39 is 6.09 Å². The van der Waals surface area contributed by atoms with E-state index in [9.17, 15) is 14.7 Å². The molecule has 176 valence electrons. The second kappa shape index (κ2) is 9.30. The molecule has 1 saturated carbocycles. The van der Waals surface area contributed by atoms with E-state index in [2.05, 4.69) is 15.1 Å². The van der Waals surface area contributed by atoms with Gasteiger partial charge in [-0.2, -0.15) is 0 Å². The average molecular weight is 444 g/mol.